The third-order valence-corrected chi connectivity index (χ3v) is 4.67. The van der Waals surface area contributed by atoms with Crippen molar-refractivity contribution in [3.63, 3.8) is 0 Å². The van der Waals surface area contributed by atoms with E-state index in [9.17, 15) is 4.21 Å². The maximum atomic E-state index is 12.1. The summed E-state index contributed by atoms with van der Waals surface area (Å²) in [5, 5.41) is 7.71. The Labute approximate surface area is 115 Å². The van der Waals surface area contributed by atoms with E-state index >= 15 is 0 Å². The highest BCUT2D eigenvalue weighted by Gasteiger charge is 2.15. The average Bonchev–Trinajstić information content (AvgIpc) is 3.07. The van der Waals surface area contributed by atoms with Crippen LogP contribution in [0.1, 0.15) is 11.6 Å². The normalized spacial score (nSPS) is 12.7. The molecule has 3 rings (SSSR count). The zero-order valence-corrected chi connectivity index (χ0v) is 11.7. The molecule has 0 saturated heterocycles. The zero-order valence-electron chi connectivity index (χ0n) is 10.0. The lowest BCUT2D eigenvalue weighted by Gasteiger charge is -1.95. The van der Waals surface area contributed by atoms with E-state index in [0.29, 0.717) is 22.4 Å². The van der Waals surface area contributed by atoms with Crippen LogP contribution < -0.4 is 0 Å². The predicted octanol–water partition coefficient (Wildman–Crippen LogP) is 3.01. The van der Waals surface area contributed by atoms with Crippen molar-refractivity contribution >= 4 is 22.1 Å². The largest absolute Gasteiger partial charge is 0.468 e. The summed E-state index contributed by atoms with van der Waals surface area (Å²) in [5.74, 6) is 1.76. The van der Waals surface area contributed by atoms with Crippen LogP contribution in [0.3, 0.4) is 0 Å². The van der Waals surface area contributed by atoms with E-state index in [1.165, 1.54) is 6.26 Å². The van der Waals surface area contributed by atoms with Crippen LogP contribution in [-0.4, -0.2) is 14.3 Å². The fraction of sp³-hybridized carbons (Fsp3) is 0.167. The summed E-state index contributed by atoms with van der Waals surface area (Å²) in [6.07, 6.45) is 1.52. The molecule has 3 aromatic rings. The fourth-order valence-electron chi connectivity index (χ4n) is 1.62. The molecule has 3 heterocycles. The van der Waals surface area contributed by atoms with Crippen molar-refractivity contribution in [3.8, 4) is 11.5 Å². The van der Waals surface area contributed by atoms with E-state index in [2.05, 4.69) is 10.1 Å². The highest BCUT2D eigenvalue weighted by molar-refractivity contribution is 7.84. The van der Waals surface area contributed by atoms with Gasteiger partial charge in [0.1, 0.15) is 5.76 Å². The molecule has 7 heteroatoms. The fourth-order valence-corrected chi connectivity index (χ4v) is 3.33. The molecule has 1 atom stereocenters. The SMILES string of the molecule is Cc1occc1[S@](=O)Cc1noc(-c2ccsc2)n1. The van der Waals surface area contributed by atoms with Crippen LogP contribution in [0, 0.1) is 6.92 Å². The Hall–Kier alpha value is -1.73. The highest BCUT2D eigenvalue weighted by atomic mass is 32.2. The van der Waals surface area contributed by atoms with E-state index in [1.807, 2.05) is 16.8 Å². The number of hydrogen-bond acceptors (Lipinski definition) is 6. The molecule has 0 aromatic carbocycles. The lowest BCUT2D eigenvalue weighted by molar-refractivity contribution is 0.425. The number of aryl methyl sites for hydroxylation is 1. The minimum absolute atomic E-state index is 0.216. The number of thiophene rings is 1. The lowest BCUT2D eigenvalue weighted by atomic mass is 10.3. The van der Waals surface area contributed by atoms with Crippen LogP contribution in [0.15, 0.2) is 43.0 Å². The van der Waals surface area contributed by atoms with Crippen molar-refractivity contribution in [3.05, 3.63) is 40.7 Å². The maximum absolute atomic E-state index is 12.1. The van der Waals surface area contributed by atoms with Crippen LogP contribution in [0.4, 0.5) is 0 Å². The Morgan fingerprint density at radius 1 is 1.42 bits per heavy atom. The predicted molar refractivity (Wildman–Crippen MR) is 71.2 cm³/mol. The molecule has 0 N–H and O–H groups in total. The van der Waals surface area contributed by atoms with Gasteiger partial charge in [0, 0.05) is 5.38 Å². The van der Waals surface area contributed by atoms with E-state index in [0.717, 1.165) is 5.56 Å². The number of nitrogens with zero attached hydrogens (tertiary/aromatic N) is 2. The smallest absolute Gasteiger partial charge is 0.258 e. The van der Waals surface area contributed by atoms with Crippen molar-refractivity contribution in [1.82, 2.24) is 10.1 Å². The van der Waals surface area contributed by atoms with Crippen LogP contribution in [0.5, 0.6) is 0 Å². The van der Waals surface area contributed by atoms with Gasteiger partial charge in [-0.05, 0) is 24.4 Å². The molecular weight excluding hydrogens is 284 g/mol. The lowest BCUT2D eigenvalue weighted by Crippen LogP contribution is -1.98. The standard InChI is InChI=1S/C12H10N2O3S2/c1-8-10(2-4-16-8)19(15)7-11-13-12(17-14-11)9-3-5-18-6-9/h2-6H,7H2,1H3/t19-/m1/s1. The second kappa shape index (κ2) is 5.10. The molecule has 0 aliphatic carbocycles. The maximum Gasteiger partial charge on any atom is 0.258 e. The second-order valence-corrected chi connectivity index (χ2v) is 6.06. The van der Waals surface area contributed by atoms with Crippen molar-refractivity contribution in [2.45, 2.75) is 17.6 Å². The first-order chi connectivity index (χ1) is 9.24. The number of aromatic nitrogens is 2. The Morgan fingerprint density at radius 2 is 2.32 bits per heavy atom. The minimum Gasteiger partial charge on any atom is -0.468 e. The van der Waals surface area contributed by atoms with Crippen LogP contribution in [0.2, 0.25) is 0 Å². The molecular formula is C12H10N2O3S2. The summed E-state index contributed by atoms with van der Waals surface area (Å²) >= 11 is 1.56. The van der Waals surface area contributed by atoms with Gasteiger partial charge in [-0.25, -0.2) is 0 Å². The van der Waals surface area contributed by atoms with E-state index in [-0.39, 0.29) is 5.75 Å². The molecule has 19 heavy (non-hydrogen) atoms. The molecule has 0 saturated carbocycles. The van der Waals surface area contributed by atoms with Gasteiger partial charge in [0.05, 0.1) is 33.3 Å². The molecule has 0 spiro atoms. The third-order valence-electron chi connectivity index (χ3n) is 2.55. The molecule has 3 aromatic heterocycles. The molecule has 0 bridgehead atoms. The Balaban J connectivity index is 1.78. The summed E-state index contributed by atoms with van der Waals surface area (Å²) in [7, 11) is -1.22. The van der Waals surface area contributed by atoms with Gasteiger partial charge >= 0.3 is 0 Å². The number of hydrogen-bond donors (Lipinski definition) is 0. The molecule has 0 amide bonds. The van der Waals surface area contributed by atoms with Gasteiger partial charge in [0.25, 0.3) is 5.89 Å². The van der Waals surface area contributed by atoms with Gasteiger partial charge < -0.3 is 8.94 Å². The topological polar surface area (TPSA) is 69.1 Å². The molecule has 98 valence electrons. The van der Waals surface area contributed by atoms with E-state index in [1.54, 1.807) is 24.3 Å². The van der Waals surface area contributed by atoms with E-state index in [4.69, 9.17) is 8.94 Å². The third kappa shape index (κ3) is 2.52. The molecule has 0 fully saturated rings. The van der Waals surface area contributed by atoms with Gasteiger partial charge in [-0.15, -0.1) is 0 Å². The number of furan rings is 1. The number of rotatable bonds is 4. The Bertz CT molecular complexity index is 700. The molecule has 5 nitrogen and oxygen atoms in total. The van der Waals surface area contributed by atoms with Crippen LogP contribution >= 0.6 is 11.3 Å². The monoisotopic (exact) mass is 294 g/mol. The van der Waals surface area contributed by atoms with Crippen molar-refractivity contribution in [2.75, 3.05) is 0 Å². The van der Waals surface area contributed by atoms with E-state index < -0.39 is 10.8 Å². The zero-order chi connectivity index (χ0) is 13.2. The van der Waals surface area contributed by atoms with Gasteiger partial charge in [-0.1, -0.05) is 5.16 Å². The first kappa shape index (κ1) is 12.3. The van der Waals surface area contributed by atoms with Crippen molar-refractivity contribution < 1.29 is 13.1 Å². The van der Waals surface area contributed by atoms with Crippen LogP contribution in [-0.2, 0) is 16.6 Å². The first-order valence-electron chi connectivity index (χ1n) is 5.51. The summed E-state index contributed by atoms with van der Waals surface area (Å²) in [4.78, 5) is 4.91. The second-order valence-electron chi connectivity index (χ2n) is 3.86. The van der Waals surface area contributed by atoms with Gasteiger partial charge in [0.15, 0.2) is 5.82 Å². The minimum atomic E-state index is -1.22. The summed E-state index contributed by atoms with van der Waals surface area (Å²) in [5.41, 5.74) is 0.883. The van der Waals surface area contributed by atoms with Gasteiger partial charge in [-0.3, -0.25) is 4.21 Å². The quantitative estimate of drug-likeness (QED) is 0.740. The molecule has 0 aliphatic rings. The summed E-state index contributed by atoms with van der Waals surface area (Å²) in [6, 6.07) is 3.60. The summed E-state index contributed by atoms with van der Waals surface area (Å²) < 4.78 is 22.4. The Kier molecular flexibility index (Phi) is 3.31. The van der Waals surface area contributed by atoms with Crippen molar-refractivity contribution in [2.24, 2.45) is 0 Å². The summed E-state index contributed by atoms with van der Waals surface area (Å²) in [6.45, 7) is 1.78. The van der Waals surface area contributed by atoms with Crippen LogP contribution in [0.25, 0.3) is 11.5 Å². The van der Waals surface area contributed by atoms with Crippen molar-refractivity contribution in [1.29, 1.82) is 0 Å². The first-order valence-corrected chi connectivity index (χ1v) is 7.78. The van der Waals surface area contributed by atoms with Gasteiger partial charge in [0.2, 0.25) is 0 Å². The molecule has 0 unspecified atom stereocenters. The highest BCUT2D eigenvalue weighted by Crippen LogP contribution is 2.21. The molecule has 0 aliphatic heterocycles. The average molecular weight is 294 g/mol. The molecule has 0 radical (unpaired) electrons. The van der Waals surface area contributed by atoms with Gasteiger partial charge in [-0.2, -0.15) is 16.3 Å². The Morgan fingerprint density at radius 3 is 3.00 bits per heavy atom.